The fourth-order valence-corrected chi connectivity index (χ4v) is 1.49. The van der Waals surface area contributed by atoms with E-state index >= 15 is 0 Å². The highest BCUT2D eigenvalue weighted by molar-refractivity contribution is 5.95. The Labute approximate surface area is 103 Å². The van der Waals surface area contributed by atoms with Crippen molar-refractivity contribution in [3.05, 3.63) is 23.3 Å². The topological polar surface area (TPSA) is 49.3 Å². The van der Waals surface area contributed by atoms with Crippen LogP contribution in [0.2, 0.25) is 0 Å². The molecular formula is C14H21NO2. The van der Waals surface area contributed by atoms with Gasteiger partial charge in [-0.15, -0.1) is 0 Å². The first-order valence-corrected chi connectivity index (χ1v) is 5.89. The van der Waals surface area contributed by atoms with Crippen LogP contribution in [0.5, 0.6) is 5.75 Å². The Morgan fingerprint density at radius 1 is 1.29 bits per heavy atom. The lowest BCUT2D eigenvalue weighted by molar-refractivity contribution is -0.124. The van der Waals surface area contributed by atoms with Crippen molar-refractivity contribution in [1.82, 2.24) is 0 Å². The number of hydrogen-bond donors (Lipinski definition) is 2. The van der Waals surface area contributed by atoms with Gasteiger partial charge >= 0.3 is 0 Å². The van der Waals surface area contributed by atoms with Gasteiger partial charge in [0.25, 0.3) is 0 Å². The number of nitrogens with one attached hydrogen (secondary N) is 1. The zero-order chi connectivity index (χ0) is 13.2. The minimum Gasteiger partial charge on any atom is -0.507 e. The van der Waals surface area contributed by atoms with Gasteiger partial charge in [-0.05, 0) is 43.5 Å². The van der Waals surface area contributed by atoms with Gasteiger partial charge < -0.3 is 10.4 Å². The quantitative estimate of drug-likeness (QED) is 0.789. The van der Waals surface area contributed by atoms with Crippen molar-refractivity contribution in [2.24, 2.45) is 5.41 Å². The Morgan fingerprint density at radius 2 is 1.76 bits per heavy atom. The van der Waals surface area contributed by atoms with Gasteiger partial charge in [0.15, 0.2) is 0 Å². The van der Waals surface area contributed by atoms with E-state index in [0.29, 0.717) is 0 Å². The Balaban J connectivity index is 2.94. The normalized spacial score (nSPS) is 11.4. The highest BCUT2D eigenvalue weighted by Crippen LogP contribution is 2.27. The van der Waals surface area contributed by atoms with Crippen molar-refractivity contribution in [1.29, 1.82) is 0 Å². The molecule has 0 aliphatic heterocycles. The summed E-state index contributed by atoms with van der Waals surface area (Å²) < 4.78 is 0. The molecule has 3 nitrogen and oxygen atoms in total. The molecule has 3 heteroatoms. The third-order valence-electron chi connectivity index (χ3n) is 3.25. The first-order chi connectivity index (χ1) is 7.77. The predicted molar refractivity (Wildman–Crippen MR) is 70.3 cm³/mol. The minimum absolute atomic E-state index is 0.00416. The smallest absolute Gasteiger partial charge is 0.230 e. The number of hydrogen-bond acceptors (Lipinski definition) is 2. The van der Waals surface area contributed by atoms with Gasteiger partial charge in [-0.1, -0.05) is 20.8 Å². The molecule has 1 aromatic rings. The summed E-state index contributed by atoms with van der Waals surface area (Å²) in [4.78, 5) is 12.0. The number of anilines is 1. The lowest BCUT2D eigenvalue weighted by Crippen LogP contribution is -2.30. The predicted octanol–water partition coefficient (Wildman–Crippen LogP) is 3.38. The summed E-state index contributed by atoms with van der Waals surface area (Å²) in [5.74, 6) is 0.294. The fraction of sp³-hybridized carbons (Fsp3) is 0.500. The van der Waals surface area contributed by atoms with E-state index in [2.05, 4.69) is 5.32 Å². The first-order valence-electron chi connectivity index (χ1n) is 5.89. The van der Waals surface area contributed by atoms with Crippen LogP contribution in [0.25, 0.3) is 0 Å². The molecule has 94 valence electrons. The summed E-state index contributed by atoms with van der Waals surface area (Å²) in [6.07, 6.45) is 0.787. The standard InChI is InChI=1S/C14H21NO2/c1-6-14(4,5)13(17)15-11-7-9(2)12(16)10(3)8-11/h7-8,16H,6H2,1-5H3,(H,15,17). The van der Waals surface area contributed by atoms with E-state index in [1.54, 1.807) is 12.1 Å². The summed E-state index contributed by atoms with van der Waals surface area (Å²) in [6, 6.07) is 3.57. The van der Waals surface area contributed by atoms with Gasteiger partial charge in [0.2, 0.25) is 5.91 Å². The van der Waals surface area contributed by atoms with Gasteiger partial charge in [-0.25, -0.2) is 0 Å². The zero-order valence-corrected chi connectivity index (χ0v) is 11.2. The van der Waals surface area contributed by atoms with E-state index < -0.39 is 0 Å². The highest BCUT2D eigenvalue weighted by Gasteiger charge is 2.25. The number of phenols is 1. The van der Waals surface area contributed by atoms with E-state index in [4.69, 9.17) is 0 Å². The van der Waals surface area contributed by atoms with Crippen molar-refractivity contribution in [3.8, 4) is 5.75 Å². The molecule has 0 aliphatic carbocycles. The van der Waals surface area contributed by atoms with Crippen molar-refractivity contribution in [2.75, 3.05) is 5.32 Å². The molecule has 1 rings (SSSR count). The molecule has 0 radical (unpaired) electrons. The van der Waals surface area contributed by atoms with Crippen LogP contribution in [0.1, 0.15) is 38.3 Å². The van der Waals surface area contributed by atoms with E-state index in [1.165, 1.54) is 0 Å². The number of aromatic hydroxyl groups is 1. The zero-order valence-electron chi connectivity index (χ0n) is 11.2. The van der Waals surface area contributed by atoms with Crippen LogP contribution in [-0.2, 0) is 4.79 Å². The average molecular weight is 235 g/mol. The SMILES string of the molecule is CCC(C)(C)C(=O)Nc1cc(C)c(O)c(C)c1. The molecule has 0 aromatic heterocycles. The number of carbonyl (C=O) groups excluding carboxylic acids is 1. The Hall–Kier alpha value is -1.51. The van der Waals surface area contributed by atoms with Gasteiger partial charge in [-0.3, -0.25) is 4.79 Å². The van der Waals surface area contributed by atoms with Crippen LogP contribution in [0, 0.1) is 19.3 Å². The molecule has 0 fully saturated rings. The van der Waals surface area contributed by atoms with Crippen LogP contribution in [-0.4, -0.2) is 11.0 Å². The molecule has 0 unspecified atom stereocenters. The van der Waals surface area contributed by atoms with Gasteiger partial charge in [0, 0.05) is 11.1 Å². The summed E-state index contributed by atoms with van der Waals surface area (Å²) in [5, 5.41) is 12.6. The summed E-state index contributed by atoms with van der Waals surface area (Å²) in [6.45, 7) is 9.48. The molecule has 0 aliphatic rings. The van der Waals surface area contributed by atoms with Crippen LogP contribution < -0.4 is 5.32 Å². The van der Waals surface area contributed by atoms with Crippen molar-refractivity contribution < 1.29 is 9.90 Å². The molecule has 0 atom stereocenters. The lowest BCUT2D eigenvalue weighted by atomic mass is 9.89. The Bertz CT molecular complexity index is 413. The molecule has 1 aromatic carbocycles. The third-order valence-corrected chi connectivity index (χ3v) is 3.25. The fourth-order valence-electron chi connectivity index (χ4n) is 1.49. The minimum atomic E-state index is -0.375. The number of carbonyl (C=O) groups is 1. The molecule has 1 amide bonds. The van der Waals surface area contributed by atoms with E-state index in [-0.39, 0.29) is 17.1 Å². The second-order valence-corrected chi connectivity index (χ2v) is 5.15. The molecular weight excluding hydrogens is 214 g/mol. The third kappa shape index (κ3) is 2.99. The van der Waals surface area contributed by atoms with Crippen LogP contribution in [0.3, 0.4) is 0 Å². The molecule has 0 saturated carbocycles. The van der Waals surface area contributed by atoms with E-state index in [1.807, 2.05) is 34.6 Å². The molecule has 2 N–H and O–H groups in total. The highest BCUT2D eigenvalue weighted by atomic mass is 16.3. The van der Waals surface area contributed by atoms with Crippen LogP contribution in [0.4, 0.5) is 5.69 Å². The second kappa shape index (κ2) is 4.78. The van der Waals surface area contributed by atoms with Gasteiger partial charge in [0.05, 0.1) is 0 Å². The molecule has 0 heterocycles. The Kier molecular flexibility index (Phi) is 3.81. The Morgan fingerprint density at radius 3 is 2.18 bits per heavy atom. The molecule has 17 heavy (non-hydrogen) atoms. The molecule has 0 bridgehead atoms. The van der Waals surface area contributed by atoms with Crippen molar-refractivity contribution in [2.45, 2.75) is 41.0 Å². The molecule has 0 saturated heterocycles. The van der Waals surface area contributed by atoms with Gasteiger partial charge in [-0.2, -0.15) is 0 Å². The summed E-state index contributed by atoms with van der Waals surface area (Å²) in [5.41, 5.74) is 1.91. The van der Waals surface area contributed by atoms with E-state index in [9.17, 15) is 9.90 Å². The van der Waals surface area contributed by atoms with Gasteiger partial charge in [0.1, 0.15) is 5.75 Å². The van der Waals surface area contributed by atoms with E-state index in [0.717, 1.165) is 23.2 Å². The maximum atomic E-state index is 12.0. The monoisotopic (exact) mass is 235 g/mol. The number of aryl methyl sites for hydroxylation is 2. The average Bonchev–Trinajstić information content (AvgIpc) is 2.25. The van der Waals surface area contributed by atoms with Crippen molar-refractivity contribution >= 4 is 11.6 Å². The lowest BCUT2D eigenvalue weighted by Gasteiger charge is -2.22. The first kappa shape index (κ1) is 13.6. The summed E-state index contributed by atoms with van der Waals surface area (Å²) in [7, 11) is 0. The van der Waals surface area contributed by atoms with Crippen molar-refractivity contribution in [3.63, 3.8) is 0 Å². The van der Waals surface area contributed by atoms with Crippen LogP contribution in [0.15, 0.2) is 12.1 Å². The number of benzene rings is 1. The number of rotatable bonds is 3. The summed E-state index contributed by atoms with van der Waals surface area (Å²) >= 11 is 0. The second-order valence-electron chi connectivity index (χ2n) is 5.15. The molecule has 0 spiro atoms. The number of phenolic OH excluding ortho intramolecular Hbond substituents is 1. The number of amides is 1. The maximum absolute atomic E-state index is 12.0. The maximum Gasteiger partial charge on any atom is 0.230 e. The van der Waals surface area contributed by atoms with Crippen LogP contribution >= 0.6 is 0 Å². The largest absolute Gasteiger partial charge is 0.507 e.